The molecular weight excluding hydrogens is 288 g/mol. The van der Waals surface area contributed by atoms with Crippen LogP contribution >= 0.6 is 0 Å². The predicted octanol–water partition coefficient (Wildman–Crippen LogP) is 2.02. The number of hydrogen-bond acceptors (Lipinski definition) is 4. The van der Waals surface area contributed by atoms with E-state index < -0.39 is 15.6 Å². The Morgan fingerprint density at radius 1 is 1.29 bits per heavy atom. The van der Waals surface area contributed by atoms with Crippen molar-refractivity contribution in [3.63, 3.8) is 0 Å². The molecule has 0 bridgehead atoms. The zero-order valence-corrected chi connectivity index (χ0v) is 14.3. The van der Waals surface area contributed by atoms with Gasteiger partial charge in [-0.15, -0.1) is 0 Å². The molecule has 120 valence electrons. The van der Waals surface area contributed by atoms with Crippen LogP contribution in [0.25, 0.3) is 0 Å². The van der Waals surface area contributed by atoms with Gasteiger partial charge in [0.2, 0.25) is 10.0 Å². The van der Waals surface area contributed by atoms with E-state index in [0.29, 0.717) is 23.2 Å². The standard InChI is InChI=1S/C15H26N2O3S/c1-6-7-15(5,18)9-17-21(19,20)14-11(3)8-10(2)13(16)12(14)4/h8,17-18H,6-7,9,16H2,1-5H3. The van der Waals surface area contributed by atoms with Gasteiger partial charge in [0.25, 0.3) is 0 Å². The molecule has 0 amide bonds. The minimum Gasteiger partial charge on any atom is -0.398 e. The SMILES string of the molecule is CCCC(C)(O)CNS(=O)(=O)c1c(C)cc(C)c(N)c1C. The normalized spacial score (nSPS) is 15.0. The first-order valence-corrected chi connectivity index (χ1v) is 8.58. The fourth-order valence-corrected chi connectivity index (χ4v) is 4.19. The molecule has 0 saturated heterocycles. The highest BCUT2D eigenvalue weighted by Crippen LogP contribution is 2.28. The van der Waals surface area contributed by atoms with E-state index in [2.05, 4.69) is 4.72 Å². The molecule has 1 aromatic carbocycles. The summed E-state index contributed by atoms with van der Waals surface area (Å²) in [6.45, 7) is 8.85. The van der Waals surface area contributed by atoms with Gasteiger partial charge in [0.1, 0.15) is 0 Å². The average molecular weight is 314 g/mol. The van der Waals surface area contributed by atoms with Crippen LogP contribution in [-0.2, 0) is 10.0 Å². The van der Waals surface area contributed by atoms with Crippen LogP contribution in [0, 0.1) is 20.8 Å². The monoisotopic (exact) mass is 314 g/mol. The van der Waals surface area contributed by atoms with Crippen molar-refractivity contribution >= 4 is 15.7 Å². The lowest BCUT2D eigenvalue weighted by Crippen LogP contribution is -2.40. The highest BCUT2D eigenvalue weighted by atomic mass is 32.2. The molecule has 0 fully saturated rings. The van der Waals surface area contributed by atoms with E-state index in [0.717, 1.165) is 12.0 Å². The van der Waals surface area contributed by atoms with Crippen molar-refractivity contribution in [1.82, 2.24) is 4.72 Å². The molecule has 5 nitrogen and oxygen atoms in total. The topological polar surface area (TPSA) is 92.4 Å². The van der Waals surface area contributed by atoms with E-state index in [1.165, 1.54) is 0 Å². The second kappa shape index (κ2) is 6.34. The van der Waals surface area contributed by atoms with Gasteiger partial charge in [-0.2, -0.15) is 0 Å². The van der Waals surface area contributed by atoms with E-state index in [4.69, 9.17) is 5.73 Å². The average Bonchev–Trinajstić information content (AvgIpc) is 2.34. The highest BCUT2D eigenvalue weighted by molar-refractivity contribution is 7.89. The van der Waals surface area contributed by atoms with Crippen molar-refractivity contribution in [2.75, 3.05) is 12.3 Å². The van der Waals surface area contributed by atoms with Crippen LogP contribution in [0.2, 0.25) is 0 Å². The maximum Gasteiger partial charge on any atom is 0.241 e. The fraction of sp³-hybridized carbons (Fsp3) is 0.600. The zero-order chi connectivity index (χ0) is 16.4. The van der Waals surface area contributed by atoms with Crippen LogP contribution in [-0.4, -0.2) is 25.7 Å². The van der Waals surface area contributed by atoms with Gasteiger partial charge in [0, 0.05) is 12.2 Å². The molecule has 6 heteroatoms. The lowest BCUT2D eigenvalue weighted by Gasteiger charge is -2.24. The molecule has 4 N–H and O–H groups in total. The summed E-state index contributed by atoms with van der Waals surface area (Å²) in [4.78, 5) is 0.206. The van der Waals surface area contributed by atoms with Crippen molar-refractivity contribution in [2.24, 2.45) is 0 Å². The van der Waals surface area contributed by atoms with Gasteiger partial charge in [-0.25, -0.2) is 13.1 Å². The number of nitrogen functional groups attached to an aromatic ring is 1. The van der Waals surface area contributed by atoms with Crippen molar-refractivity contribution in [2.45, 2.75) is 58.0 Å². The van der Waals surface area contributed by atoms with Crippen molar-refractivity contribution in [3.8, 4) is 0 Å². The Balaban J connectivity index is 3.13. The van der Waals surface area contributed by atoms with E-state index >= 15 is 0 Å². The number of rotatable bonds is 6. The summed E-state index contributed by atoms with van der Waals surface area (Å²) in [6.07, 6.45) is 1.31. The lowest BCUT2D eigenvalue weighted by molar-refractivity contribution is 0.0554. The molecule has 0 aliphatic carbocycles. The van der Waals surface area contributed by atoms with Crippen molar-refractivity contribution in [1.29, 1.82) is 0 Å². The quantitative estimate of drug-likeness (QED) is 0.700. The van der Waals surface area contributed by atoms with E-state index in [-0.39, 0.29) is 11.4 Å². The fourth-order valence-electron chi connectivity index (χ4n) is 2.54. The summed E-state index contributed by atoms with van der Waals surface area (Å²) in [5, 5.41) is 10.1. The van der Waals surface area contributed by atoms with Gasteiger partial charge in [-0.05, 0) is 50.8 Å². The molecule has 0 saturated carbocycles. The number of benzene rings is 1. The maximum atomic E-state index is 12.5. The van der Waals surface area contributed by atoms with Gasteiger partial charge >= 0.3 is 0 Å². The van der Waals surface area contributed by atoms with Gasteiger partial charge in [0.05, 0.1) is 10.5 Å². The number of hydrogen-bond donors (Lipinski definition) is 3. The Morgan fingerprint density at radius 3 is 2.38 bits per heavy atom. The number of nitrogens with two attached hydrogens (primary N) is 1. The number of aryl methyl sites for hydroxylation is 2. The minimum atomic E-state index is -3.70. The molecule has 1 aromatic rings. The van der Waals surface area contributed by atoms with E-state index in [1.54, 1.807) is 26.8 Å². The molecule has 0 aromatic heterocycles. The summed E-state index contributed by atoms with van der Waals surface area (Å²) < 4.78 is 27.5. The molecule has 0 aliphatic heterocycles. The van der Waals surface area contributed by atoms with Gasteiger partial charge in [-0.3, -0.25) is 0 Å². The first-order valence-electron chi connectivity index (χ1n) is 7.10. The molecule has 0 aliphatic rings. The first-order chi connectivity index (χ1) is 9.52. The Labute approximate surface area is 127 Å². The maximum absolute atomic E-state index is 12.5. The zero-order valence-electron chi connectivity index (χ0n) is 13.4. The lowest BCUT2D eigenvalue weighted by atomic mass is 10.0. The Bertz CT molecular complexity index is 622. The summed E-state index contributed by atoms with van der Waals surface area (Å²) in [5.74, 6) is 0. The molecule has 0 radical (unpaired) electrons. The van der Waals surface area contributed by atoms with Crippen LogP contribution in [0.1, 0.15) is 43.4 Å². The third-order valence-electron chi connectivity index (χ3n) is 3.66. The highest BCUT2D eigenvalue weighted by Gasteiger charge is 2.26. The number of aliphatic hydroxyl groups is 1. The number of anilines is 1. The second-order valence-electron chi connectivity index (χ2n) is 5.95. The minimum absolute atomic E-state index is 0.0180. The van der Waals surface area contributed by atoms with Crippen LogP contribution < -0.4 is 10.5 Å². The molecule has 1 rings (SSSR count). The summed E-state index contributed by atoms with van der Waals surface area (Å²) in [5.41, 5.74) is 7.44. The summed E-state index contributed by atoms with van der Waals surface area (Å²) in [7, 11) is -3.70. The Kier molecular flexibility index (Phi) is 5.41. The molecule has 1 unspecified atom stereocenters. The summed E-state index contributed by atoms with van der Waals surface area (Å²) >= 11 is 0. The van der Waals surface area contributed by atoms with E-state index in [1.807, 2.05) is 13.8 Å². The molecule has 0 spiro atoms. The Morgan fingerprint density at radius 2 is 1.86 bits per heavy atom. The van der Waals surface area contributed by atoms with Crippen LogP contribution in [0.5, 0.6) is 0 Å². The molecule has 0 heterocycles. The number of nitrogens with one attached hydrogen (secondary N) is 1. The summed E-state index contributed by atoms with van der Waals surface area (Å²) in [6, 6.07) is 1.76. The van der Waals surface area contributed by atoms with Crippen LogP contribution in [0.4, 0.5) is 5.69 Å². The first kappa shape index (κ1) is 17.9. The van der Waals surface area contributed by atoms with Crippen molar-refractivity contribution < 1.29 is 13.5 Å². The largest absolute Gasteiger partial charge is 0.398 e. The third kappa shape index (κ3) is 4.18. The molecule has 21 heavy (non-hydrogen) atoms. The third-order valence-corrected chi connectivity index (χ3v) is 5.35. The van der Waals surface area contributed by atoms with Crippen LogP contribution in [0.3, 0.4) is 0 Å². The van der Waals surface area contributed by atoms with Gasteiger partial charge < -0.3 is 10.8 Å². The second-order valence-corrected chi connectivity index (χ2v) is 7.65. The van der Waals surface area contributed by atoms with Crippen LogP contribution in [0.15, 0.2) is 11.0 Å². The van der Waals surface area contributed by atoms with E-state index in [9.17, 15) is 13.5 Å². The Hall–Kier alpha value is -1.11. The van der Waals surface area contributed by atoms with Crippen molar-refractivity contribution in [3.05, 3.63) is 22.8 Å². The smallest absolute Gasteiger partial charge is 0.241 e. The number of sulfonamides is 1. The molecular formula is C15H26N2O3S. The van der Waals surface area contributed by atoms with Gasteiger partial charge in [-0.1, -0.05) is 19.4 Å². The predicted molar refractivity (Wildman–Crippen MR) is 85.8 cm³/mol. The van der Waals surface area contributed by atoms with Gasteiger partial charge in [0.15, 0.2) is 0 Å². The molecule has 1 atom stereocenters.